The average Bonchev–Trinajstić information content (AvgIpc) is 3.27. The Bertz CT molecular complexity index is 958. The van der Waals surface area contributed by atoms with Crippen LogP contribution in [-0.2, 0) is 17.9 Å². The molecule has 0 unspecified atom stereocenters. The van der Waals surface area contributed by atoms with Crippen molar-refractivity contribution in [1.29, 1.82) is 0 Å². The van der Waals surface area contributed by atoms with E-state index in [1.807, 2.05) is 18.2 Å². The lowest BCUT2D eigenvalue weighted by Gasteiger charge is -2.16. The van der Waals surface area contributed by atoms with Gasteiger partial charge in [-0.05, 0) is 29.3 Å². The molecule has 2 aromatic carbocycles. The minimum Gasteiger partial charge on any atom is -0.495 e. The van der Waals surface area contributed by atoms with Gasteiger partial charge in [0.05, 0.1) is 19.3 Å². The zero-order chi connectivity index (χ0) is 18.8. The topological polar surface area (TPSA) is 80.5 Å². The zero-order valence-electron chi connectivity index (χ0n) is 15.2. The van der Waals surface area contributed by atoms with Crippen LogP contribution in [0.5, 0.6) is 5.75 Å². The first-order valence-corrected chi connectivity index (χ1v) is 8.70. The van der Waals surface area contributed by atoms with E-state index in [2.05, 4.69) is 32.5 Å². The molecule has 0 saturated carbocycles. The zero-order valence-corrected chi connectivity index (χ0v) is 15.2. The summed E-state index contributed by atoms with van der Waals surface area (Å²) in [5, 5.41) is 10.8. The number of amides is 1. The monoisotopic (exact) mass is 364 g/mol. The van der Waals surface area contributed by atoms with Crippen molar-refractivity contribution >= 4 is 11.6 Å². The standard InChI is InChI=1S/C20H20N4O3/c1-13-22-23-20(27-13)14-7-8-18(26-2)17(9-14)21-19(25)12-24-10-15-5-3-4-6-16(15)11-24/h3-9H,10-12H2,1-2H3,(H,21,25). The summed E-state index contributed by atoms with van der Waals surface area (Å²) in [6.07, 6.45) is 0. The molecular formula is C20H20N4O3. The van der Waals surface area contributed by atoms with Crippen LogP contribution in [0.1, 0.15) is 17.0 Å². The molecule has 0 radical (unpaired) electrons. The first-order valence-electron chi connectivity index (χ1n) is 8.70. The summed E-state index contributed by atoms with van der Waals surface area (Å²) >= 11 is 0. The molecule has 0 bridgehead atoms. The Balaban J connectivity index is 1.47. The number of ether oxygens (including phenoxy) is 1. The van der Waals surface area contributed by atoms with Crippen molar-refractivity contribution in [3.05, 3.63) is 59.5 Å². The lowest BCUT2D eigenvalue weighted by atomic mass is 10.1. The van der Waals surface area contributed by atoms with Crippen LogP contribution in [0.2, 0.25) is 0 Å². The van der Waals surface area contributed by atoms with Gasteiger partial charge in [-0.15, -0.1) is 10.2 Å². The van der Waals surface area contributed by atoms with Gasteiger partial charge in [0.1, 0.15) is 5.75 Å². The van der Waals surface area contributed by atoms with Gasteiger partial charge in [0.25, 0.3) is 0 Å². The molecule has 0 spiro atoms. The first-order chi connectivity index (χ1) is 13.1. The van der Waals surface area contributed by atoms with Crippen molar-refractivity contribution in [2.24, 2.45) is 0 Å². The molecule has 7 heteroatoms. The molecule has 1 amide bonds. The van der Waals surface area contributed by atoms with E-state index in [0.717, 1.165) is 18.7 Å². The van der Waals surface area contributed by atoms with E-state index >= 15 is 0 Å². The Morgan fingerprint density at radius 3 is 2.56 bits per heavy atom. The number of aryl methyl sites for hydroxylation is 1. The minimum atomic E-state index is -0.0973. The van der Waals surface area contributed by atoms with Gasteiger partial charge in [-0.3, -0.25) is 9.69 Å². The van der Waals surface area contributed by atoms with Crippen molar-refractivity contribution in [1.82, 2.24) is 15.1 Å². The van der Waals surface area contributed by atoms with Crippen LogP contribution in [-0.4, -0.2) is 34.7 Å². The van der Waals surface area contributed by atoms with Gasteiger partial charge < -0.3 is 14.5 Å². The highest BCUT2D eigenvalue weighted by Gasteiger charge is 2.21. The van der Waals surface area contributed by atoms with Crippen molar-refractivity contribution in [3.8, 4) is 17.2 Å². The second kappa shape index (κ2) is 7.20. The fraction of sp³-hybridized carbons (Fsp3) is 0.250. The van der Waals surface area contributed by atoms with E-state index in [0.29, 0.717) is 29.8 Å². The van der Waals surface area contributed by atoms with Crippen molar-refractivity contribution in [2.75, 3.05) is 19.0 Å². The van der Waals surface area contributed by atoms with Gasteiger partial charge in [0.15, 0.2) is 0 Å². The Morgan fingerprint density at radius 2 is 1.93 bits per heavy atom. The smallest absolute Gasteiger partial charge is 0.247 e. The molecule has 0 aliphatic carbocycles. The van der Waals surface area contributed by atoms with Crippen LogP contribution in [0, 0.1) is 6.92 Å². The fourth-order valence-corrected chi connectivity index (χ4v) is 3.26. The van der Waals surface area contributed by atoms with Crippen molar-refractivity contribution in [2.45, 2.75) is 20.0 Å². The Hall–Kier alpha value is -3.19. The van der Waals surface area contributed by atoms with Gasteiger partial charge in [-0.1, -0.05) is 24.3 Å². The predicted octanol–water partition coefficient (Wildman–Crippen LogP) is 3.01. The highest BCUT2D eigenvalue weighted by Crippen LogP contribution is 2.30. The highest BCUT2D eigenvalue weighted by molar-refractivity contribution is 5.94. The summed E-state index contributed by atoms with van der Waals surface area (Å²) in [6, 6.07) is 13.6. The predicted molar refractivity (Wildman–Crippen MR) is 100 cm³/mol. The fourth-order valence-electron chi connectivity index (χ4n) is 3.26. The molecule has 27 heavy (non-hydrogen) atoms. The Kier molecular flexibility index (Phi) is 4.60. The maximum atomic E-state index is 12.6. The average molecular weight is 364 g/mol. The molecule has 4 rings (SSSR count). The number of fused-ring (bicyclic) bond motifs is 1. The van der Waals surface area contributed by atoms with Crippen LogP contribution < -0.4 is 10.1 Å². The lowest BCUT2D eigenvalue weighted by Crippen LogP contribution is -2.29. The lowest BCUT2D eigenvalue weighted by molar-refractivity contribution is -0.117. The largest absolute Gasteiger partial charge is 0.495 e. The van der Waals surface area contributed by atoms with Gasteiger partial charge in [0.2, 0.25) is 17.7 Å². The molecule has 0 saturated heterocycles. The number of hydrogen-bond acceptors (Lipinski definition) is 6. The number of anilines is 1. The molecule has 3 aromatic rings. The summed E-state index contributed by atoms with van der Waals surface area (Å²) < 4.78 is 10.8. The minimum absolute atomic E-state index is 0.0973. The SMILES string of the molecule is COc1ccc(-c2nnc(C)o2)cc1NC(=O)CN1Cc2ccccc2C1. The molecule has 1 N–H and O–H groups in total. The number of carbonyl (C=O) groups excluding carboxylic acids is 1. The second-order valence-corrected chi connectivity index (χ2v) is 6.50. The normalized spacial score (nSPS) is 13.4. The Morgan fingerprint density at radius 1 is 1.19 bits per heavy atom. The summed E-state index contributed by atoms with van der Waals surface area (Å²) in [4.78, 5) is 14.7. The van der Waals surface area contributed by atoms with Crippen LogP contribution in [0.3, 0.4) is 0 Å². The number of rotatable bonds is 5. The molecule has 1 aliphatic heterocycles. The maximum absolute atomic E-state index is 12.6. The number of methoxy groups -OCH3 is 1. The molecule has 7 nitrogen and oxygen atoms in total. The summed E-state index contributed by atoms with van der Waals surface area (Å²) in [5.74, 6) is 1.37. The number of nitrogens with zero attached hydrogens (tertiary/aromatic N) is 3. The van der Waals surface area contributed by atoms with E-state index in [4.69, 9.17) is 9.15 Å². The van der Waals surface area contributed by atoms with E-state index in [-0.39, 0.29) is 5.91 Å². The van der Waals surface area contributed by atoms with Crippen LogP contribution in [0.25, 0.3) is 11.5 Å². The van der Waals surface area contributed by atoms with E-state index in [1.165, 1.54) is 11.1 Å². The second-order valence-electron chi connectivity index (χ2n) is 6.50. The molecule has 0 fully saturated rings. The van der Waals surface area contributed by atoms with E-state index in [9.17, 15) is 4.79 Å². The van der Waals surface area contributed by atoms with Crippen LogP contribution in [0.4, 0.5) is 5.69 Å². The highest BCUT2D eigenvalue weighted by atomic mass is 16.5. The van der Waals surface area contributed by atoms with Gasteiger partial charge in [0, 0.05) is 25.6 Å². The molecular weight excluding hydrogens is 344 g/mol. The number of aromatic nitrogens is 2. The first kappa shape index (κ1) is 17.2. The number of hydrogen-bond donors (Lipinski definition) is 1. The van der Waals surface area contributed by atoms with Gasteiger partial charge in [-0.25, -0.2) is 0 Å². The number of carbonyl (C=O) groups is 1. The summed E-state index contributed by atoms with van der Waals surface area (Å²) in [7, 11) is 1.57. The number of nitrogens with one attached hydrogen (secondary N) is 1. The van der Waals surface area contributed by atoms with Crippen LogP contribution >= 0.6 is 0 Å². The van der Waals surface area contributed by atoms with Gasteiger partial charge in [-0.2, -0.15) is 0 Å². The van der Waals surface area contributed by atoms with Crippen LogP contribution in [0.15, 0.2) is 46.9 Å². The number of benzene rings is 2. The molecule has 1 aliphatic rings. The molecule has 138 valence electrons. The third-order valence-electron chi connectivity index (χ3n) is 4.52. The van der Waals surface area contributed by atoms with Gasteiger partial charge >= 0.3 is 0 Å². The van der Waals surface area contributed by atoms with Crippen molar-refractivity contribution < 1.29 is 13.9 Å². The molecule has 1 aromatic heterocycles. The maximum Gasteiger partial charge on any atom is 0.247 e. The van der Waals surface area contributed by atoms with Crippen molar-refractivity contribution in [3.63, 3.8) is 0 Å². The molecule has 2 heterocycles. The Labute approximate surface area is 157 Å². The molecule has 0 atom stereocenters. The van der Waals surface area contributed by atoms with E-state index in [1.54, 1.807) is 26.2 Å². The third kappa shape index (κ3) is 3.68. The summed E-state index contributed by atoms with van der Waals surface area (Å²) in [5.41, 5.74) is 3.85. The third-order valence-corrected chi connectivity index (χ3v) is 4.52. The van der Waals surface area contributed by atoms with E-state index < -0.39 is 0 Å². The summed E-state index contributed by atoms with van der Waals surface area (Å²) in [6.45, 7) is 3.60. The quantitative estimate of drug-likeness (QED) is 0.750.